The van der Waals surface area contributed by atoms with E-state index in [9.17, 15) is 9.59 Å². The fourth-order valence-electron chi connectivity index (χ4n) is 2.62. The SMILES string of the molecule is CCOC(=O)C1=CC(OC(CC)CC)C(NC(C)=O)C(N)C1.O=P. The molecule has 7 nitrogen and oxygen atoms in total. The maximum atomic E-state index is 12.0. The summed E-state index contributed by atoms with van der Waals surface area (Å²) in [6, 6.07) is -0.719. The number of nitrogens with two attached hydrogens (primary N) is 1. The van der Waals surface area contributed by atoms with Gasteiger partial charge in [-0.25, -0.2) is 4.79 Å². The molecular weight excluding hydrogens is 331 g/mol. The third kappa shape index (κ3) is 7.07. The van der Waals surface area contributed by atoms with Gasteiger partial charge in [0, 0.05) is 18.5 Å². The zero-order valence-corrected chi connectivity index (χ0v) is 15.8. The van der Waals surface area contributed by atoms with Gasteiger partial charge < -0.3 is 20.5 Å². The van der Waals surface area contributed by atoms with Crippen LogP contribution in [0.3, 0.4) is 0 Å². The van der Waals surface area contributed by atoms with Gasteiger partial charge in [-0.3, -0.25) is 9.36 Å². The van der Waals surface area contributed by atoms with E-state index in [1.54, 1.807) is 22.1 Å². The molecule has 0 aromatic heterocycles. The highest BCUT2D eigenvalue weighted by molar-refractivity contribution is 7.00. The van der Waals surface area contributed by atoms with E-state index in [2.05, 4.69) is 5.32 Å². The van der Waals surface area contributed by atoms with Crippen molar-refractivity contribution in [3.63, 3.8) is 0 Å². The van der Waals surface area contributed by atoms with Gasteiger partial charge in [0.25, 0.3) is 0 Å². The van der Waals surface area contributed by atoms with Gasteiger partial charge in [-0.2, -0.15) is 0 Å². The Morgan fingerprint density at radius 2 is 1.92 bits per heavy atom. The standard InChI is InChI=1S/C16H28N2O4.HOP/c1-5-12(6-2)22-14-9-11(16(20)21-7-3)8-13(17)15(14)18-10(4)19;1-2/h9,12-15H,5-8,17H2,1-4H3,(H,18,19);2H. The third-order valence-electron chi connectivity index (χ3n) is 3.80. The van der Waals surface area contributed by atoms with Gasteiger partial charge in [-0.1, -0.05) is 13.8 Å². The molecule has 1 amide bonds. The summed E-state index contributed by atoms with van der Waals surface area (Å²) in [4.78, 5) is 23.4. The van der Waals surface area contributed by atoms with E-state index >= 15 is 0 Å². The molecular formula is C16H29N2O5P. The second-order valence-electron chi connectivity index (χ2n) is 5.55. The molecule has 1 aliphatic carbocycles. The van der Waals surface area contributed by atoms with Gasteiger partial charge in [-0.15, -0.1) is 0 Å². The summed E-state index contributed by atoms with van der Waals surface area (Å²) in [7, 11) is 1.72. The Labute approximate surface area is 145 Å². The molecule has 0 bridgehead atoms. The third-order valence-corrected chi connectivity index (χ3v) is 3.80. The molecule has 0 radical (unpaired) electrons. The minimum atomic E-state index is -0.419. The molecule has 0 saturated carbocycles. The van der Waals surface area contributed by atoms with E-state index < -0.39 is 6.10 Å². The van der Waals surface area contributed by atoms with E-state index in [1.165, 1.54) is 6.92 Å². The summed E-state index contributed by atoms with van der Waals surface area (Å²) in [5, 5.41) is 2.84. The van der Waals surface area contributed by atoms with Gasteiger partial charge in [0.2, 0.25) is 5.91 Å². The van der Waals surface area contributed by atoms with Crippen LogP contribution in [0.1, 0.15) is 47.0 Å². The highest BCUT2D eigenvalue weighted by Crippen LogP contribution is 2.24. The molecule has 0 saturated heterocycles. The zero-order chi connectivity index (χ0) is 18.7. The van der Waals surface area contributed by atoms with Crippen molar-refractivity contribution in [2.45, 2.75) is 71.2 Å². The Morgan fingerprint density at radius 3 is 2.38 bits per heavy atom. The van der Waals surface area contributed by atoms with Gasteiger partial charge in [0.1, 0.15) is 9.12 Å². The van der Waals surface area contributed by atoms with Crippen molar-refractivity contribution in [2.24, 2.45) is 5.73 Å². The van der Waals surface area contributed by atoms with E-state index in [0.29, 0.717) is 18.6 Å². The van der Waals surface area contributed by atoms with Crippen LogP contribution in [0.5, 0.6) is 0 Å². The van der Waals surface area contributed by atoms with Gasteiger partial charge in [-0.05, 0) is 32.3 Å². The molecule has 3 atom stereocenters. The Bertz CT molecular complexity index is 440. The van der Waals surface area contributed by atoms with Crippen molar-refractivity contribution < 1.29 is 23.6 Å². The van der Waals surface area contributed by atoms with Crippen molar-refractivity contribution >= 4 is 21.0 Å². The molecule has 1 rings (SSSR count). The molecule has 0 heterocycles. The first-order chi connectivity index (χ1) is 11.4. The predicted octanol–water partition coefficient (Wildman–Crippen LogP) is 1.76. The number of hydrogen-bond acceptors (Lipinski definition) is 6. The van der Waals surface area contributed by atoms with Crippen LogP contribution in [0.25, 0.3) is 0 Å². The number of carbonyl (C=O) groups excluding carboxylic acids is 2. The molecule has 0 aromatic carbocycles. The highest BCUT2D eigenvalue weighted by atomic mass is 31.0. The topological polar surface area (TPSA) is 108 Å². The Balaban J connectivity index is 0.00000254. The maximum Gasteiger partial charge on any atom is 0.333 e. The molecule has 0 fully saturated rings. The molecule has 24 heavy (non-hydrogen) atoms. The predicted molar refractivity (Wildman–Crippen MR) is 93.2 cm³/mol. The lowest BCUT2D eigenvalue weighted by atomic mass is 9.88. The van der Waals surface area contributed by atoms with Crippen LogP contribution in [0, 0.1) is 0 Å². The summed E-state index contributed by atoms with van der Waals surface area (Å²) in [6.45, 7) is 7.62. The van der Waals surface area contributed by atoms with E-state index in [1.807, 2.05) is 13.8 Å². The lowest BCUT2D eigenvalue weighted by molar-refractivity contribution is -0.139. The lowest BCUT2D eigenvalue weighted by Gasteiger charge is -2.36. The van der Waals surface area contributed by atoms with Crippen molar-refractivity contribution in [1.82, 2.24) is 5.32 Å². The van der Waals surface area contributed by atoms with Crippen LogP contribution in [-0.4, -0.2) is 42.8 Å². The second-order valence-corrected chi connectivity index (χ2v) is 5.55. The molecule has 0 aliphatic heterocycles. The summed E-state index contributed by atoms with van der Waals surface area (Å²) < 4.78 is 19.2. The van der Waals surface area contributed by atoms with Crippen molar-refractivity contribution in [1.29, 1.82) is 0 Å². The van der Waals surface area contributed by atoms with Crippen LogP contribution in [-0.2, 0) is 23.6 Å². The van der Waals surface area contributed by atoms with Gasteiger partial charge >= 0.3 is 5.97 Å². The molecule has 0 aromatic rings. The van der Waals surface area contributed by atoms with Crippen LogP contribution in [0.4, 0.5) is 0 Å². The smallest absolute Gasteiger partial charge is 0.333 e. The number of hydrogen-bond donors (Lipinski definition) is 2. The molecule has 138 valence electrons. The average molecular weight is 360 g/mol. The van der Waals surface area contributed by atoms with Crippen molar-refractivity contribution in [2.75, 3.05) is 6.61 Å². The minimum absolute atomic E-state index is 0.0613. The first kappa shape index (κ1) is 22.7. The second kappa shape index (κ2) is 12.1. The minimum Gasteiger partial charge on any atom is -0.463 e. The number of esters is 1. The summed E-state index contributed by atoms with van der Waals surface area (Å²) in [5.74, 6) is -0.524. The number of amides is 1. The van der Waals surface area contributed by atoms with E-state index in [0.717, 1.165) is 12.8 Å². The van der Waals surface area contributed by atoms with Crippen LogP contribution >= 0.6 is 9.12 Å². The summed E-state index contributed by atoms with van der Waals surface area (Å²) in [5.41, 5.74) is 6.68. The molecule has 1 aliphatic rings. The first-order valence-corrected chi connectivity index (χ1v) is 8.60. The van der Waals surface area contributed by atoms with E-state index in [-0.39, 0.29) is 30.1 Å². The molecule has 8 heteroatoms. The Hall–Kier alpha value is -1.30. The largest absolute Gasteiger partial charge is 0.463 e. The number of nitrogens with one attached hydrogen (secondary N) is 1. The van der Waals surface area contributed by atoms with Crippen molar-refractivity contribution in [3.05, 3.63) is 11.6 Å². The number of carbonyl (C=O) groups is 2. The van der Waals surface area contributed by atoms with Crippen LogP contribution in [0.15, 0.2) is 11.6 Å². The molecule has 0 spiro atoms. The van der Waals surface area contributed by atoms with Crippen molar-refractivity contribution in [3.8, 4) is 0 Å². The van der Waals surface area contributed by atoms with Crippen LogP contribution in [0.2, 0.25) is 0 Å². The summed E-state index contributed by atoms with van der Waals surface area (Å²) in [6.07, 6.45) is 3.48. The first-order valence-electron chi connectivity index (χ1n) is 8.19. The van der Waals surface area contributed by atoms with Crippen LogP contribution < -0.4 is 11.1 Å². The monoisotopic (exact) mass is 360 g/mol. The fourth-order valence-corrected chi connectivity index (χ4v) is 2.62. The highest BCUT2D eigenvalue weighted by Gasteiger charge is 2.35. The lowest BCUT2D eigenvalue weighted by Crippen LogP contribution is -2.57. The van der Waals surface area contributed by atoms with Gasteiger partial charge in [0.15, 0.2) is 0 Å². The summed E-state index contributed by atoms with van der Waals surface area (Å²) >= 11 is 0. The average Bonchev–Trinajstić information content (AvgIpc) is 2.56. The number of ether oxygens (including phenoxy) is 2. The Kier molecular flexibility index (Phi) is 11.5. The quantitative estimate of drug-likeness (QED) is 0.529. The molecule has 3 N–H and O–H groups in total. The maximum absolute atomic E-state index is 12.0. The van der Waals surface area contributed by atoms with Gasteiger partial charge in [0.05, 0.1) is 24.9 Å². The fraction of sp³-hybridized carbons (Fsp3) is 0.750. The van der Waals surface area contributed by atoms with E-state index in [4.69, 9.17) is 19.8 Å². The Morgan fingerprint density at radius 1 is 1.33 bits per heavy atom. The zero-order valence-electron chi connectivity index (χ0n) is 14.8. The number of rotatable bonds is 7. The molecule has 3 unspecified atom stereocenters. The normalized spacial score (nSPS) is 22.9.